The number of carbonyl (C=O) groups excluding carboxylic acids is 1. The quantitative estimate of drug-likeness (QED) is 0.910. The summed E-state index contributed by atoms with van der Waals surface area (Å²) in [7, 11) is -3.60. The van der Waals surface area contributed by atoms with Crippen molar-refractivity contribution in [3.63, 3.8) is 0 Å². The molecule has 0 radical (unpaired) electrons. The van der Waals surface area contributed by atoms with Crippen molar-refractivity contribution in [1.82, 2.24) is 9.62 Å². The Kier molecular flexibility index (Phi) is 3.69. The van der Waals surface area contributed by atoms with Crippen molar-refractivity contribution in [2.45, 2.75) is 61.9 Å². The van der Waals surface area contributed by atoms with Gasteiger partial charge < -0.3 is 5.32 Å². The molecule has 4 rings (SSSR count). The molecule has 0 aromatic heterocycles. The van der Waals surface area contributed by atoms with Crippen LogP contribution in [0.25, 0.3) is 0 Å². The maximum absolute atomic E-state index is 13.0. The summed E-state index contributed by atoms with van der Waals surface area (Å²) in [5.41, 5.74) is 2.40. The van der Waals surface area contributed by atoms with Gasteiger partial charge in [0.05, 0.1) is 4.90 Å². The van der Waals surface area contributed by atoms with Crippen LogP contribution in [-0.4, -0.2) is 37.3 Å². The number of aryl methyl sites for hydroxylation is 2. The molecule has 1 heterocycles. The van der Waals surface area contributed by atoms with Crippen LogP contribution in [0.2, 0.25) is 0 Å². The maximum atomic E-state index is 13.0. The van der Waals surface area contributed by atoms with Gasteiger partial charge in [0.25, 0.3) is 0 Å². The number of nitrogens with zero attached hydrogens (tertiary/aromatic N) is 1. The highest BCUT2D eigenvalue weighted by Crippen LogP contribution is 2.30. The van der Waals surface area contributed by atoms with Crippen molar-refractivity contribution >= 4 is 15.9 Å². The largest absolute Gasteiger partial charge is 0.352 e. The summed E-state index contributed by atoms with van der Waals surface area (Å²) >= 11 is 0. The summed E-state index contributed by atoms with van der Waals surface area (Å²) in [6.45, 7) is 0.433. The SMILES string of the molecule is O=C(NC1CC1)[C@@H]1CCCN1S(=O)(=O)c1ccc2c(c1)CCC2. The van der Waals surface area contributed by atoms with Crippen molar-refractivity contribution < 1.29 is 13.2 Å². The molecule has 2 fully saturated rings. The Morgan fingerprint density at radius 1 is 1.09 bits per heavy atom. The molecule has 0 bridgehead atoms. The van der Waals surface area contributed by atoms with Gasteiger partial charge in [-0.2, -0.15) is 4.31 Å². The van der Waals surface area contributed by atoms with Crippen LogP contribution in [0, 0.1) is 0 Å². The minimum atomic E-state index is -3.60. The molecule has 1 atom stereocenters. The first-order valence-corrected chi connectivity index (χ1v) is 9.94. The van der Waals surface area contributed by atoms with Crippen molar-refractivity contribution in [1.29, 1.82) is 0 Å². The topological polar surface area (TPSA) is 66.5 Å². The molecule has 1 aliphatic heterocycles. The second-order valence-electron chi connectivity index (χ2n) is 6.84. The number of amides is 1. The van der Waals surface area contributed by atoms with E-state index in [2.05, 4.69) is 5.32 Å². The van der Waals surface area contributed by atoms with E-state index >= 15 is 0 Å². The number of sulfonamides is 1. The lowest BCUT2D eigenvalue weighted by molar-refractivity contribution is -0.124. The second-order valence-corrected chi connectivity index (χ2v) is 8.73. The fourth-order valence-corrected chi connectivity index (χ4v) is 5.37. The molecule has 1 saturated heterocycles. The van der Waals surface area contributed by atoms with E-state index in [0.717, 1.165) is 44.1 Å². The third kappa shape index (κ3) is 2.78. The summed E-state index contributed by atoms with van der Waals surface area (Å²) in [5.74, 6) is -0.130. The van der Waals surface area contributed by atoms with E-state index in [1.54, 1.807) is 6.07 Å². The van der Waals surface area contributed by atoms with Gasteiger partial charge in [-0.05, 0) is 68.2 Å². The predicted molar refractivity (Wildman–Crippen MR) is 86.5 cm³/mol. The van der Waals surface area contributed by atoms with E-state index in [0.29, 0.717) is 17.9 Å². The Morgan fingerprint density at radius 2 is 1.87 bits per heavy atom. The van der Waals surface area contributed by atoms with Gasteiger partial charge in [0.1, 0.15) is 6.04 Å². The number of rotatable bonds is 4. The van der Waals surface area contributed by atoms with Crippen molar-refractivity contribution in [2.24, 2.45) is 0 Å². The number of hydrogen-bond acceptors (Lipinski definition) is 3. The monoisotopic (exact) mass is 334 g/mol. The summed E-state index contributed by atoms with van der Waals surface area (Å²) in [6.07, 6.45) is 6.45. The molecule has 1 aromatic carbocycles. The molecule has 1 N–H and O–H groups in total. The maximum Gasteiger partial charge on any atom is 0.243 e. The lowest BCUT2D eigenvalue weighted by Crippen LogP contribution is -2.46. The van der Waals surface area contributed by atoms with E-state index in [4.69, 9.17) is 0 Å². The molecule has 2 aliphatic carbocycles. The number of fused-ring (bicyclic) bond motifs is 1. The molecule has 5 nitrogen and oxygen atoms in total. The number of benzene rings is 1. The van der Waals surface area contributed by atoms with Gasteiger partial charge >= 0.3 is 0 Å². The molecule has 1 amide bonds. The second kappa shape index (κ2) is 5.60. The van der Waals surface area contributed by atoms with Crippen molar-refractivity contribution in [3.05, 3.63) is 29.3 Å². The summed E-state index contributed by atoms with van der Waals surface area (Å²) < 4.78 is 27.4. The van der Waals surface area contributed by atoms with Gasteiger partial charge in [0.15, 0.2) is 0 Å². The Bertz CT molecular complexity index is 740. The van der Waals surface area contributed by atoms with Crippen LogP contribution in [0.5, 0.6) is 0 Å². The molecule has 1 aromatic rings. The van der Waals surface area contributed by atoms with Crippen LogP contribution in [-0.2, 0) is 27.7 Å². The Balaban J connectivity index is 1.60. The van der Waals surface area contributed by atoms with Crippen LogP contribution in [0.1, 0.15) is 43.2 Å². The smallest absolute Gasteiger partial charge is 0.243 e. The van der Waals surface area contributed by atoms with E-state index in [9.17, 15) is 13.2 Å². The molecule has 0 spiro atoms. The van der Waals surface area contributed by atoms with Gasteiger partial charge in [-0.3, -0.25) is 4.79 Å². The molecule has 6 heteroatoms. The zero-order chi connectivity index (χ0) is 16.0. The summed E-state index contributed by atoms with van der Waals surface area (Å²) in [5, 5.41) is 2.95. The van der Waals surface area contributed by atoms with E-state index in [-0.39, 0.29) is 11.9 Å². The highest BCUT2D eigenvalue weighted by molar-refractivity contribution is 7.89. The van der Waals surface area contributed by atoms with Gasteiger partial charge in [0.2, 0.25) is 15.9 Å². The average Bonchev–Trinajstić information content (AvgIpc) is 3.06. The highest BCUT2D eigenvalue weighted by atomic mass is 32.2. The van der Waals surface area contributed by atoms with E-state index in [1.165, 1.54) is 9.87 Å². The normalized spacial score (nSPS) is 24.6. The zero-order valence-corrected chi connectivity index (χ0v) is 13.9. The Morgan fingerprint density at radius 3 is 2.65 bits per heavy atom. The first-order chi connectivity index (χ1) is 11.1. The van der Waals surface area contributed by atoms with E-state index < -0.39 is 16.1 Å². The zero-order valence-electron chi connectivity index (χ0n) is 13.1. The summed E-state index contributed by atoms with van der Waals surface area (Å²) in [4.78, 5) is 12.7. The van der Waals surface area contributed by atoms with Crippen LogP contribution < -0.4 is 5.32 Å². The van der Waals surface area contributed by atoms with Crippen LogP contribution in [0.3, 0.4) is 0 Å². The fourth-order valence-electron chi connectivity index (χ4n) is 3.66. The molecule has 1 saturated carbocycles. The lowest BCUT2D eigenvalue weighted by Gasteiger charge is -2.23. The number of nitrogens with one attached hydrogen (secondary N) is 1. The Labute approximate surface area is 137 Å². The third-order valence-electron chi connectivity index (χ3n) is 5.11. The van der Waals surface area contributed by atoms with Gasteiger partial charge in [-0.15, -0.1) is 0 Å². The standard InChI is InChI=1S/C17H22N2O3S/c20-17(18-14-7-8-14)16-5-2-10-19(16)23(21,22)15-9-6-12-3-1-4-13(12)11-15/h6,9,11,14,16H,1-5,7-8,10H2,(H,18,20)/t16-/m0/s1. The fraction of sp³-hybridized carbons (Fsp3) is 0.588. The first kappa shape index (κ1) is 15.1. The summed E-state index contributed by atoms with van der Waals surface area (Å²) in [6, 6.07) is 5.16. The minimum Gasteiger partial charge on any atom is -0.352 e. The van der Waals surface area contributed by atoms with Crippen LogP contribution in [0.15, 0.2) is 23.1 Å². The first-order valence-electron chi connectivity index (χ1n) is 8.50. The van der Waals surface area contributed by atoms with Crippen LogP contribution in [0.4, 0.5) is 0 Å². The van der Waals surface area contributed by atoms with Crippen molar-refractivity contribution in [2.75, 3.05) is 6.54 Å². The minimum absolute atomic E-state index is 0.130. The van der Waals surface area contributed by atoms with Crippen LogP contribution >= 0.6 is 0 Å². The molecular formula is C17H22N2O3S. The Hall–Kier alpha value is -1.40. The number of carbonyl (C=O) groups is 1. The van der Waals surface area contributed by atoms with Gasteiger partial charge in [-0.25, -0.2) is 8.42 Å². The van der Waals surface area contributed by atoms with Gasteiger partial charge in [0, 0.05) is 12.6 Å². The molecule has 0 unspecified atom stereocenters. The third-order valence-corrected chi connectivity index (χ3v) is 7.01. The average molecular weight is 334 g/mol. The predicted octanol–water partition coefficient (Wildman–Crippen LogP) is 1.61. The molecule has 3 aliphatic rings. The molecular weight excluding hydrogens is 312 g/mol. The molecule has 23 heavy (non-hydrogen) atoms. The highest BCUT2D eigenvalue weighted by Gasteiger charge is 2.41. The molecule has 124 valence electrons. The van der Waals surface area contributed by atoms with Crippen molar-refractivity contribution in [3.8, 4) is 0 Å². The van der Waals surface area contributed by atoms with Gasteiger partial charge in [-0.1, -0.05) is 6.07 Å². The van der Waals surface area contributed by atoms with E-state index in [1.807, 2.05) is 12.1 Å². The number of hydrogen-bond donors (Lipinski definition) is 1. The lowest BCUT2D eigenvalue weighted by atomic mass is 10.1.